The summed E-state index contributed by atoms with van der Waals surface area (Å²) in [6.07, 6.45) is 2.82. The SMILES string of the molecule is COC(=O)c1cc(OCC23CC(CO2)N(C(C)C)C3)cc(-c2ncc(C)s2)c1. The number of benzene rings is 1. The summed E-state index contributed by atoms with van der Waals surface area (Å²) in [5, 5.41) is 0.857. The highest BCUT2D eigenvalue weighted by Gasteiger charge is 2.52. The molecule has 3 heterocycles. The van der Waals surface area contributed by atoms with E-state index in [1.54, 1.807) is 23.5 Å². The van der Waals surface area contributed by atoms with E-state index in [9.17, 15) is 4.79 Å². The molecule has 2 bridgehead atoms. The number of aromatic nitrogens is 1. The van der Waals surface area contributed by atoms with Gasteiger partial charge < -0.3 is 14.2 Å². The van der Waals surface area contributed by atoms with Gasteiger partial charge in [-0.3, -0.25) is 4.90 Å². The van der Waals surface area contributed by atoms with Crippen LogP contribution in [-0.2, 0) is 9.47 Å². The zero-order chi connectivity index (χ0) is 19.9. The molecule has 0 N–H and O–H groups in total. The lowest BCUT2D eigenvalue weighted by Crippen LogP contribution is -2.48. The minimum atomic E-state index is -0.387. The second kappa shape index (κ2) is 7.46. The van der Waals surface area contributed by atoms with Crippen LogP contribution in [0, 0.1) is 6.92 Å². The normalized spacial score (nSPS) is 24.1. The van der Waals surface area contributed by atoms with E-state index in [0.717, 1.165) is 35.0 Å². The molecule has 28 heavy (non-hydrogen) atoms. The van der Waals surface area contributed by atoms with Crippen molar-refractivity contribution in [3.8, 4) is 16.3 Å². The second-order valence-electron chi connectivity index (χ2n) is 7.92. The van der Waals surface area contributed by atoms with Gasteiger partial charge in [-0.05, 0) is 45.4 Å². The van der Waals surface area contributed by atoms with Crippen LogP contribution in [0.1, 0.15) is 35.5 Å². The summed E-state index contributed by atoms with van der Waals surface area (Å²) >= 11 is 1.58. The first-order valence-corrected chi connectivity index (χ1v) is 10.4. The summed E-state index contributed by atoms with van der Waals surface area (Å²) in [6, 6.07) is 6.43. The average molecular weight is 403 g/mol. The number of fused-ring (bicyclic) bond motifs is 2. The Morgan fingerprint density at radius 1 is 1.43 bits per heavy atom. The van der Waals surface area contributed by atoms with Crippen molar-refractivity contribution in [1.29, 1.82) is 0 Å². The van der Waals surface area contributed by atoms with Gasteiger partial charge in [-0.1, -0.05) is 0 Å². The summed E-state index contributed by atoms with van der Waals surface area (Å²) in [6.45, 7) is 8.55. The van der Waals surface area contributed by atoms with E-state index in [0.29, 0.717) is 30.0 Å². The van der Waals surface area contributed by atoms with Gasteiger partial charge in [-0.25, -0.2) is 9.78 Å². The number of thiazole rings is 1. The molecule has 1 aromatic carbocycles. The van der Waals surface area contributed by atoms with Crippen LogP contribution < -0.4 is 4.74 Å². The van der Waals surface area contributed by atoms with Crippen LogP contribution in [0.15, 0.2) is 24.4 Å². The molecule has 7 heteroatoms. The summed E-state index contributed by atoms with van der Waals surface area (Å²) in [5.41, 5.74) is 1.04. The molecule has 0 radical (unpaired) electrons. The first-order valence-electron chi connectivity index (χ1n) is 9.58. The van der Waals surface area contributed by atoms with Crippen LogP contribution >= 0.6 is 11.3 Å². The van der Waals surface area contributed by atoms with Crippen molar-refractivity contribution in [1.82, 2.24) is 9.88 Å². The van der Waals surface area contributed by atoms with Crippen molar-refractivity contribution >= 4 is 17.3 Å². The standard InChI is InChI=1S/C21H26N2O4S/c1-13(2)23-11-21(8-17(23)10-27-21)12-26-18-6-15(19-22-9-14(3)28-19)5-16(7-18)20(24)25-4/h5-7,9,13,17H,8,10-12H2,1-4H3. The molecule has 0 amide bonds. The first kappa shape index (κ1) is 19.4. The van der Waals surface area contributed by atoms with Gasteiger partial charge >= 0.3 is 5.97 Å². The van der Waals surface area contributed by atoms with Gasteiger partial charge in [0.2, 0.25) is 0 Å². The van der Waals surface area contributed by atoms with Crippen LogP contribution in [0.3, 0.4) is 0 Å². The van der Waals surface area contributed by atoms with Gasteiger partial charge in [0.1, 0.15) is 23.0 Å². The Morgan fingerprint density at radius 3 is 2.89 bits per heavy atom. The summed E-state index contributed by atoms with van der Waals surface area (Å²) in [4.78, 5) is 20.2. The lowest BCUT2D eigenvalue weighted by molar-refractivity contribution is -0.0736. The Kier molecular flexibility index (Phi) is 5.16. The van der Waals surface area contributed by atoms with Gasteiger partial charge in [0.15, 0.2) is 0 Å². The van der Waals surface area contributed by atoms with Crippen LogP contribution in [0.5, 0.6) is 5.75 Å². The molecule has 2 unspecified atom stereocenters. The molecule has 0 saturated carbocycles. The molecule has 2 aromatic rings. The van der Waals surface area contributed by atoms with Crippen molar-refractivity contribution in [3.05, 3.63) is 34.8 Å². The maximum absolute atomic E-state index is 12.1. The highest BCUT2D eigenvalue weighted by Crippen LogP contribution is 2.39. The van der Waals surface area contributed by atoms with Crippen LogP contribution in [-0.4, -0.2) is 60.4 Å². The predicted molar refractivity (Wildman–Crippen MR) is 108 cm³/mol. The molecule has 1 aromatic heterocycles. The van der Waals surface area contributed by atoms with Crippen molar-refractivity contribution in [2.75, 3.05) is 26.9 Å². The number of nitrogens with zero attached hydrogens (tertiary/aromatic N) is 2. The smallest absolute Gasteiger partial charge is 0.338 e. The highest BCUT2D eigenvalue weighted by molar-refractivity contribution is 7.14. The van der Waals surface area contributed by atoms with E-state index < -0.39 is 0 Å². The molecule has 0 spiro atoms. The Hall–Kier alpha value is -1.96. The molecule has 2 saturated heterocycles. The van der Waals surface area contributed by atoms with E-state index >= 15 is 0 Å². The van der Waals surface area contributed by atoms with Crippen molar-refractivity contribution < 1.29 is 19.0 Å². The third-order valence-electron chi connectivity index (χ3n) is 5.49. The predicted octanol–water partition coefficient (Wildman–Crippen LogP) is 3.54. The van der Waals surface area contributed by atoms with Gasteiger partial charge in [-0.15, -0.1) is 11.3 Å². The summed E-state index contributed by atoms with van der Waals surface area (Å²) in [7, 11) is 1.38. The molecule has 6 nitrogen and oxygen atoms in total. The number of morpholine rings is 1. The number of esters is 1. The van der Waals surface area contributed by atoms with E-state index in [2.05, 4.69) is 23.7 Å². The maximum Gasteiger partial charge on any atom is 0.338 e. The first-order chi connectivity index (χ1) is 13.4. The maximum atomic E-state index is 12.1. The van der Waals surface area contributed by atoms with Crippen LogP contribution in [0.25, 0.3) is 10.6 Å². The third-order valence-corrected chi connectivity index (χ3v) is 6.45. The third kappa shape index (κ3) is 3.66. The fraction of sp³-hybridized carbons (Fsp3) is 0.524. The van der Waals surface area contributed by atoms with Crippen molar-refractivity contribution in [2.45, 2.75) is 44.9 Å². The Bertz CT molecular complexity index is 881. The monoisotopic (exact) mass is 402 g/mol. The van der Waals surface area contributed by atoms with Gasteiger partial charge in [0.25, 0.3) is 0 Å². The Morgan fingerprint density at radius 2 is 2.25 bits per heavy atom. The Balaban J connectivity index is 1.56. The zero-order valence-corrected chi connectivity index (χ0v) is 17.5. The second-order valence-corrected chi connectivity index (χ2v) is 9.16. The van der Waals surface area contributed by atoms with Gasteiger partial charge in [0.05, 0.1) is 19.3 Å². The fourth-order valence-corrected chi connectivity index (χ4v) is 4.85. The number of likely N-dealkylation sites (tertiary alicyclic amines) is 1. The average Bonchev–Trinajstić information content (AvgIpc) is 3.40. The number of aryl methyl sites for hydroxylation is 1. The number of methoxy groups -OCH3 is 1. The number of ether oxygens (including phenoxy) is 3. The molecule has 2 fully saturated rings. The fourth-order valence-electron chi connectivity index (χ4n) is 4.10. The molecular weight excluding hydrogens is 376 g/mol. The molecular formula is C21H26N2O4S. The lowest BCUT2D eigenvalue weighted by Gasteiger charge is -2.35. The van der Waals surface area contributed by atoms with Crippen LogP contribution in [0.2, 0.25) is 0 Å². The molecule has 0 aliphatic carbocycles. The number of carbonyl (C=O) groups excluding carboxylic acids is 1. The number of carbonyl (C=O) groups is 1. The zero-order valence-electron chi connectivity index (χ0n) is 16.7. The van der Waals surface area contributed by atoms with Crippen molar-refractivity contribution in [2.24, 2.45) is 0 Å². The molecule has 150 valence electrons. The lowest BCUT2D eigenvalue weighted by atomic mass is 10.0. The summed E-state index contributed by atoms with van der Waals surface area (Å²) in [5.74, 6) is 0.248. The molecule has 2 atom stereocenters. The number of hydrogen-bond acceptors (Lipinski definition) is 7. The van der Waals surface area contributed by atoms with E-state index in [-0.39, 0.29) is 11.6 Å². The minimum absolute atomic E-state index is 0.270. The van der Waals surface area contributed by atoms with Gasteiger partial charge in [-0.2, -0.15) is 0 Å². The molecule has 2 aliphatic heterocycles. The minimum Gasteiger partial charge on any atom is -0.490 e. The number of rotatable bonds is 6. The Labute approximate surface area is 169 Å². The van der Waals surface area contributed by atoms with E-state index in [1.807, 2.05) is 19.2 Å². The topological polar surface area (TPSA) is 60.9 Å². The van der Waals surface area contributed by atoms with Crippen LogP contribution in [0.4, 0.5) is 0 Å². The van der Waals surface area contributed by atoms with Crippen molar-refractivity contribution in [3.63, 3.8) is 0 Å². The number of hydrogen-bond donors (Lipinski definition) is 0. The summed E-state index contributed by atoms with van der Waals surface area (Å²) < 4.78 is 17.2. The molecule has 2 aliphatic rings. The van der Waals surface area contributed by atoms with E-state index in [4.69, 9.17) is 14.2 Å². The highest BCUT2D eigenvalue weighted by atomic mass is 32.1. The molecule has 4 rings (SSSR count). The quantitative estimate of drug-likeness (QED) is 0.689. The largest absolute Gasteiger partial charge is 0.490 e. The van der Waals surface area contributed by atoms with E-state index in [1.165, 1.54) is 7.11 Å². The van der Waals surface area contributed by atoms with Gasteiger partial charge in [0, 0.05) is 35.3 Å².